The van der Waals surface area contributed by atoms with Gasteiger partial charge in [0, 0.05) is 13.1 Å². The van der Waals surface area contributed by atoms with E-state index in [0.717, 1.165) is 25.0 Å². The lowest BCUT2D eigenvalue weighted by Gasteiger charge is -2.32. The van der Waals surface area contributed by atoms with Gasteiger partial charge in [0.15, 0.2) is 0 Å². The van der Waals surface area contributed by atoms with Crippen LogP contribution in [-0.4, -0.2) is 54.4 Å². The van der Waals surface area contributed by atoms with Crippen LogP contribution in [-0.2, 0) is 18.8 Å². The summed E-state index contributed by atoms with van der Waals surface area (Å²) in [6, 6.07) is 8.45. The highest BCUT2D eigenvalue weighted by molar-refractivity contribution is 6.62. The molecule has 0 amide bonds. The normalized spacial score (nSPS) is 21.8. The van der Waals surface area contributed by atoms with Crippen molar-refractivity contribution in [2.45, 2.75) is 71.7 Å². The zero-order valence-corrected chi connectivity index (χ0v) is 18.9. The summed E-state index contributed by atoms with van der Waals surface area (Å²) in [6.07, 6.45) is 3.12. The second-order valence-corrected chi connectivity index (χ2v) is 10.0. The Hall–Kier alpha value is -1.63. The predicted molar refractivity (Wildman–Crippen MR) is 117 cm³/mol. The molecule has 0 aliphatic carbocycles. The Labute approximate surface area is 175 Å². The van der Waals surface area contributed by atoms with Gasteiger partial charge >= 0.3 is 13.1 Å². The summed E-state index contributed by atoms with van der Waals surface area (Å²) in [7, 11) is -0.335. The summed E-state index contributed by atoms with van der Waals surface area (Å²) in [5.74, 6) is -0.166. The molecule has 2 aliphatic heterocycles. The van der Waals surface area contributed by atoms with Gasteiger partial charge in [-0.1, -0.05) is 30.3 Å². The lowest BCUT2D eigenvalue weighted by molar-refractivity contribution is -0.156. The van der Waals surface area contributed by atoms with Crippen molar-refractivity contribution in [1.29, 1.82) is 0 Å². The van der Waals surface area contributed by atoms with E-state index < -0.39 is 5.60 Å². The van der Waals surface area contributed by atoms with E-state index in [-0.39, 0.29) is 24.3 Å². The topological polar surface area (TPSA) is 48.0 Å². The zero-order chi connectivity index (χ0) is 21.4. The van der Waals surface area contributed by atoms with Crippen molar-refractivity contribution in [3.8, 4) is 0 Å². The number of hydrogen-bond donors (Lipinski definition) is 0. The first-order valence-electron chi connectivity index (χ1n) is 10.5. The van der Waals surface area contributed by atoms with Crippen LogP contribution in [0.15, 0.2) is 30.3 Å². The Morgan fingerprint density at radius 1 is 1.10 bits per heavy atom. The molecule has 0 radical (unpaired) electrons. The van der Waals surface area contributed by atoms with Crippen molar-refractivity contribution in [3.63, 3.8) is 0 Å². The highest BCUT2D eigenvalue weighted by atomic mass is 16.7. The molecule has 3 rings (SSSR count). The number of esters is 1. The van der Waals surface area contributed by atoms with Crippen molar-refractivity contribution in [3.05, 3.63) is 35.9 Å². The van der Waals surface area contributed by atoms with Crippen LogP contribution in [0.3, 0.4) is 0 Å². The third kappa shape index (κ3) is 5.30. The molecule has 6 heteroatoms. The van der Waals surface area contributed by atoms with Crippen LogP contribution in [0.1, 0.15) is 60.5 Å². The number of benzene rings is 1. The summed E-state index contributed by atoms with van der Waals surface area (Å²) in [5, 5.41) is 0. The maximum absolute atomic E-state index is 12.0. The first kappa shape index (κ1) is 22.1. The van der Waals surface area contributed by atoms with E-state index >= 15 is 0 Å². The van der Waals surface area contributed by atoms with Gasteiger partial charge in [0.1, 0.15) is 5.60 Å². The van der Waals surface area contributed by atoms with E-state index in [9.17, 15) is 4.79 Å². The van der Waals surface area contributed by atoms with Gasteiger partial charge in [0.05, 0.1) is 17.7 Å². The molecular weight excluding hydrogens is 365 g/mol. The fourth-order valence-electron chi connectivity index (χ4n) is 3.51. The van der Waals surface area contributed by atoms with Crippen molar-refractivity contribution in [2.75, 3.05) is 19.6 Å². The van der Waals surface area contributed by atoms with Crippen LogP contribution >= 0.6 is 0 Å². The largest absolute Gasteiger partial charge is 0.494 e. The molecular formula is C23H34BNO4. The highest BCUT2D eigenvalue weighted by Crippen LogP contribution is 2.36. The summed E-state index contributed by atoms with van der Waals surface area (Å²) in [6.45, 7) is 15.9. The molecule has 0 unspecified atom stereocenters. The molecule has 29 heavy (non-hydrogen) atoms. The Bertz CT molecular complexity index is 761. The van der Waals surface area contributed by atoms with E-state index in [2.05, 4.69) is 62.9 Å². The van der Waals surface area contributed by atoms with Gasteiger partial charge in [-0.2, -0.15) is 0 Å². The molecule has 0 saturated carbocycles. The number of hydrogen-bond acceptors (Lipinski definition) is 5. The van der Waals surface area contributed by atoms with Gasteiger partial charge in [-0.05, 0) is 71.5 Å². The van der Waals surface area contributed by atoms with Crippen LogP contribution in [0.5, 0.6) is 0 Å². The van der Waals surface area contributed by atoms with Gasteiger partial charge in [0.25, 0.3) is 0 Å². The van der Waals surface area contributed by atoms with Crippen molar-refractivity contribution < 1.29 is 18.8 Å². The fourth-order valence-corrected chi connectivity index (χ4v) is 3.51. The van der Waals surface area contributed by atoms with Crippen LogP contribution in [0.4, 0.5) is 0 Å². The first-order chi connectivity index (χ1) is 13.4. The Balaban J connectivity index is 1.59. The van der Waals surface area contributed by atoms with Crippen LogP contribution in [0.25, 0.3) is 5.57 Å². The summed E-state index contributed by atoms with van der Waals surface area (Å²) >= 11 is 0. The van der Waals surface area contributed by atoms with E-state index in [1.807, 2.05) is 20.8 Å². The van der Waals surface area contributed by atoms with Gasteiger partial charge in [0.2, 0.25) is 0 Å². The SMILES string of the molecule is CC(C)(C)OC(=O)CN1CC=C(c2ccc(B3OC(C)(C)C(C)(C)O3)cc2)CC1. The number of ether oxygens (including phenoxy) is 1. The minimum Gasteiger partial charge on any atom is -0.459 e. The lowest BCUT2D eigenvalue weighted by atomic mass is 9.78. The van der Waals surface area contributed by atoms with Gasteiger partial charge in [-0.15, -0.1) is 0 Å². The van der Waals surface area contributed by atoms with E-state index in [1.54, 1.807) is 0 Å². The zero-order valence-electron chi connectivity index (χ0n) is 18.9. The summed E-state index contributed by atoms with van der Waals surface area (Å²) < 4.78 is 17.7. The molecule has 1 fully saturated rings. The Kier molecular flexibility index (Phi) is 6.01. The van der Waals surface area contributed by atoms with Gasteiger partial charge in [-0.3, -0.25) is 9.69 Å². The minimum atomic E-state index is -0.438. The minimum absolute atomic E-state index is 0.166. The Morgan fingerprint density at radius 3 is 2.17 bits per heavy atom. The molecule has 1 saturated heterocycles. The maximum Gasteiger partial charge on any atom is 0.494 e. The molecule has 5 nitrogen and oxygen atoms in total. The number of carbonyl (C=O) groups is 1. The molecule has 1 aromatic carbocycles. The van der Waals surface area contributed by atoms with Gasteiger partial charge in [-0.25, -0.2) is 0 Å². The molecule has 2 aliphatic rings. The Morgan fingerprint density at radius 2 is 1.69 bits per heavy atom. The second-order valence-electron chi connectivity index (χ2n) is 10.0. The van der Waals surface area contributed by atoms with Crippen LogP contribution in [0.2, 0.25) is 0 Å². The van der Waals surface area contributed by atoms with Crippen molar-refractivity contribution in [1.82, 2.24) is 4.90 Å². The second kappa shape index (κ2) is 7.90. The van der Waals surface area contributed by atoms with Crippen molar-refractivity contribution in [2.24, 2.45) is 0 Å². The quantitative estimate of drug-likeness (QED) is 0.574. The maximum atomic E-state index is 12.0. The lowest BCUT2D eigenvalue weighted by Crippen LogP contribution is -2.41. The van der Waals surface area contributed by atoms with Gasteiger partial charge < -0.3 is 14.0 Å². The third-order valence-electron chi connectivity index (χ3n) is 5.87. The summed E-state index contributed by atoms with van der Waals surface area (Å²) in [5.41, 5.74) is 2.45. The van der Waals surface area contributed by atoms with Crippen molar-refractivity contribution >= 4 is 24.1 Å². The summed E-state index contributed by atoms with van der Waals surface area (Å²) in [4.78, 5) is 14.1. The fraction of sp³-hybridized carbons (Fsp3) is 0.609. The van der Waals surface area contributed by atoms with E-state index in [1.165, 1.54) is 11.1 Å². The molecule has 0 atom stereocenters. The average Bonchev–Trinajstić information content (AvgIpc) is 2.82. The van der Waals surface area contributed by atoms with Crippen LogP contribution in [0, 0.1) is 0 Å². The molecule has 158 valence electrons. The first-order valence-corrected chi connectivity index (χ1v) is 10.5. The standard InChI is InChI=1S/C23H34BNO4/c1-21(2,3)27-20(26)16-25-14-12-18(13-15-25)17-8-10-19(11-9-17)24-28-22(4,5)23(6,7)29-24/h8-12H,13-16H2,1-7H3. The monoisotopic (exact) mass is 399 g/mol. The smallest absolute Gasteiger partial charge is 0.459 e. The molecule has 0 aromatic heterocycles. The van der Waals surface area contributed by atoms with E-state index in [0.29, 0.717) is 6.54 Å². The molecule has 0 N–H and O–H groups in total. The number of rotatable bonds is 4. The molecule has 0 bridgehead atoms. The average molecular weight is 399 g/mol. The van der Waals surface area contributed by atoms with Crippen LogP contribution < -0.4 is 5.46 Å². The predicted octanol–water partition coefficient (Wildman–Crippen LogP) is 3.42. The molecule has 0 spiro atoms. The third-order valence-corrected chi connectivity index (χ3v) is 5.87. The number of carbonyl (C=O) groups excluding carboxylic acids is 1. The van der Waals surface area contributed by atoms with E-state index in [4.69, 9.17) is 14.0 Å². The molecule has 2 heterocycles. The highest BCUT2D eigenvalue weighted by Gasteiger charge is 2.51. The molecule has 1 aromatic rings. The number of nitrogens with zero attached hydrogens (tertiary/aromatic N) is 1.